The predicted octanol–water partition coefficient (Wildman–Crippen LogP) is 3.71. The van der Waals surface area contributed by atoms with Crippen molar-refractivity contribution in [3.63, 3.8) is 0 Å². The minimum absolute atomic E-state index is 0.000850. The maximum atomic E-state index is 12.6. The molecule has 1 fully saturated rings. The summed E-state index contributed by atoms with van der Waals surface area (Å²) in [7, 11) is -1.99. The van der Waals surface area contributed by atoms with Crippen LogP contribution >= 0.6 is 0 Å². The molecule has 1 unspecified atom stereocenters. The second kappa shape index (κ2) is 9.95. The molecule has 0 spiro atoms. The van der Waals surface area contributed by atoms with Gasteiger partial charge in [0, 0.05) is 11.7 Å². The Kier molecular flexibility index (Phi) is 7.33. The molecule has 1 atom stereocenters. The summed E-state index contributed by atoms with van der Waals surface area (Å²) in [5, 5.41) is 2.74. The highest BCUT2D eigenvalue weighted by Gasteiger charge is 2.22. The third kappa shape index (κ3) is 5.96. The van der Waals surface area contributed by atoms with Crippen molar-refractivity contribution < 1.29 is 22.7 Å². The Bertz CT molecular complexity index is 936. The van der Waals surface area contributed by atoms with E-state index in [-0.39, 0.29) is 16.8 Å². The Hall–Kier alpha value is -2.58. The fraction of sp³-hybridized carbons (Fsp3) is 0.409. The maximum absolute atomic E-state index is 12.6. The number of hydrogen-bond donors (Lipinski definition) is 2. The molecular weight excluding hydrogens is 404 g/mol. The van der Waals surface area contributed by atoms with E-state index in [1.807, 2.05) is 0 Å². The standard InChI is InChI=1S/C22H28N2O5S/c1-16(29-20-12-10-19(28-2)11-13-20)22(25)23-17-8-14-21(15-9-17)30(26,27)24-18-6-4-3-5-7-18/h8-16,18,24H,3-7H2,1-2H3,(H,23,25). The number of carbonyl (C=O) groups excluding carboxylic acids is 1. The molecule has 0 aliphatic heterocycles. The number of nitrogens with one attached hydrogen (secondary N) is 2. The molecule has 0 bridgehead atoms. The lowest BCUT2D eigenvalue weighted by atomic mass is 9.96. The fourth-order valence-corrected chi connectivity index (χ4v) is 4.69. The molecule has 2 aromatic rings. The van der Waals surface area contributed by atoms with Crippen LogP contribution in [0.2, 0.25) is 0 Å². The van der Waals surface area contributed by atoms with Crippen LogP contribution in [0.15, 0.2) is 53.4 Å². The van der Waals surface area contributed by atoms with Crippen molar-refractivity contribution in [3.8, 4) is 11.5 Å². The third-order valence-corrected chi connectivity index (χ3v) is 6.64. The van der Waals surface area contributed by atoms with Crippen LogP contribution in [-0.4, -0.2) is 33.6 Å². The first kappa shape index (κ1) is 22.1. The van der Waals surface area contributed by atoms with Crippen LogP contribution in [0.1, 0.15) is 39.0 Å². The van der Waals surface area contributed by atoms with E-state index < -0.39 is 16.1 Å². The Labute approximate surface area is 177 Å². The number of hydrogen-bond acceptors (Lipinski definition) is 5. The number of anilines is 1. The van der Waals surface area contributed by atoms with Gasteiger partial charge in [0.2, 0.25) is 10.0 Å². The van der Waals surface area contributed by atoms with Crippen LogP contribution in [-0.2, 0) is 14.8 Å². The van der Waals surface area contributed by atoms with Crippen molar-refractivity contribution in [2.75, 3.05) is 12.4 Å². The molecule has 1 amide bonds. The van der Waals surface area contributed by atoms with Crippen molar-refractivity contribution in [1.29, 1.82) is 0 Å². The monoisotopic (exact) mass is 432 g/mol. The average Bonchev–Trinajstić information content (AvgIpc) is 2.75. The van der Waals surface area contributed by atoms with E-state index >= 15 is 0 Å². The molecule has 1 aliphatic carbocycles. The molecule has 0 heterocycles. The van der Waals surface area contributed by atoms with Gasteiger partial charge < -0.3 is 14.8 Å². The van der Waals surface area contributed by atoms with E-state index in [1.165, 1.54) is 12.1 Å². The van der Waals surface area contributed by atoms with Crippen molar-refractivity contribution in [2.45, 2.75) is 56.1 Å². The normalized spacial score (nSPS) is 15.9. The number of rotatable bonds is 8. The molecule has 8 heteroatoms. The first-order valence-corrected chi connectivity index (χ1v) is 11.6. The molecule has 0 saturated heterocycles. The first-order valence-electron chi connectivity index (χ1n) is 10.1. The summed E-state index contributed by atoms with van der Waals surface area (Å²) >= 11 is 0. The molecule has 1 aliphatic rings. The highest BCUT2D eigenvalue weighted by Crippen LogP contribution is 2.21. The lowest BCUT2D eigenvalue weighted by Gasteiger charge is -2.22. The quantitative estimate of drug-likeness (QED) is 0.663. The zero-order valence-corrected chi connectivity index (χ0v) is 18.1. The Morgan fingerprint density at radius 3 is 2.17 bits per heavy atom. The topological polar surface area (TPSA) is 93.7 Å². The number of sulfonamides is 1. The minimum Gasteiger partial charge on any atom is -0.497 e. The van der Waals surface area contributed by atoms with Crippen molar-refractivity contribution in [2.24, 2.45) is 0 Å². The zero-order valence-electron chi connectivity index (χ0n) is 17.3. The van der Waals surface area contributed by atoms with Gasteiger partial charge in [-0.1, -0.05) is 19.3 Å². The summed E-state index contributed by atoms with van der Waals surface area (Å²) in [4.78, 5) is 12.6. The Balaban J connectivity index is 1.56. The smallest absolute Gasteiger partial charge is 0.265 e. The molecule has 2 aromatic carbocycles. The van der Waals surface area contributed by atoms with Crippen LogP contribution in [0.25, 0.3) is 0 Å². The van der Waals surface area contributed by atoms with E-state index in [1.54, 1.807) is 50.4 Å². The molecular formula is C22H28N2O5S. The van der Waals surface area contributed by atoms with Gasteiger partial charge in [-0.05, 0) is 68.3 Å². The average molecular weight is 433 g/mol. The van der Waals surface area contributed by atoms with Crippen molar-refractivity contribution in [3.05, 3.63) is 48.5 Å². The van der Waals surface area contributed by atoms with Gasteiger partial charge in [-0.25, -0.2) is 13.1 Å². The molecule has 7 nitrogen and oxygen atoms in total. The maximum Gasteiger partial charge on any atom is 0.265 e. The molecule has 3 rings (SSSR count). The second-order valence-corrected chi connectivity index (χ2v) is 9.12. The Morgan fingerprint density at radius 1 is 0.967 bits per heavy atom. The van der Waals surface area contributed by atoms with Crippen LogP contribution < -0.4 is 19.5 Å². The molecule has 30 heavy (non-hydrogen) atoms. The number of carbonyl (C=O) groups is 1. The van der Waals surface area contributed by atoms with Crippen LogP contribution in [0.3, 0.4) is 0 Å². The van der Waals surface area contributed by atoms with Gasteiger partial charge in [0.25, 0.3) is 5.91 Å². The van der Waals surface area contributed by atoms with Crippen LogP contribution in [0, 0.1) is 0 Å². The fourth-order valence-electron chi connectivity index (χ4n) is 3.38. The van der Waals surface area contributed by atoms with Gasteiger partial charge in [-0.15, -0.1) is 0 Å². The van der Waals surface area contributed by atoms with Crippen LogP contribution in [0.4, 0.5) is 5.69 Å². The summed E-state index contributed by atoms with van der Waals surface area (Å²) in [6.45, 7) is 1.65. The zero-order chi connectivity index (χ0) is 21.6. The summed E-state index contributed by atoms with van der Waals surface area (Å²) in [6, 6.07) is 13.1. The molecule has 162 valence electrons. The minimum atomic E-state index is -3.57. The SMILES string of the molecule is COc1ccc(OC(C)C(=O)Nc2ccc(S(=O)(=O)NC3CCCCC3)cc2)cc1. The number of benzene rings is 2. The highest BCUT2D eigenvalue weighted by molar-refractivity contribution is 7.89. The van der Waals surface area contributed by atoms with Gasteiger partial charge in [0.05, 0.1) is 12.0 Å². The first-order chi connectivity index (χ1) is 14.4. The van der Waals surface area contributed by atoms with Gasteiger partial charge in [0.1, 0.15) is 11.5 Å². The lowest BCUT2D eigenvalue weighted by Crippen LogP contribution is -2.36. The van der Waals surface area contributed by atoms with Crippen LogP contribution in [0.5, 0.6) is 11.5 Å². The summed E-state index contributed by atoms with van der Waals surface area (Å²) in [5.74, 6) is 0.919. The van der Waals surface area contributed by atoms with Gasteiger partial charge in [0.15, 0.2) is 6.10 Å². The second-order valence-electron chi connectivity index (χ2n) is 7.41. The van der Waals surface area contributed by atoms with E-state index in [2.05, 4.69) is 10.0 Å². The molecule has 2 N–H and O–H groups in total. The number of methoxy groups -OCH3 is 1. The van der Waals surface area contributed by atoms with Gasteiger partial charge in [-0.3, -0.25) is 4.79 Å². The van der Waals surface area contributed by atoms with Gasteiger partial charge in [-0.2, -0.15) is 0 Å². The molecule has 0 radical (unpaired) electrons. The van der Waals surface area contributed by atoms with Crippen molar-refractivity contribution >= 4 is 21.6 Å². The number of amides is 1. The third-order valence-electron chi connectivity index (χ3n) is 5.10. The summed E-state index contributed by atoms with van der Waals surface area (Å²) in [6.07, 6.45) is 4.28. The predicted molar refractivity (Wildman–Crippen MR) is 115 cm³/mol. The summed E-state index contributed by atoms with van der Waals surface area (Å²) in [5.41, 5.74) is 0.502. The van der Waals surface area contributed by atoms with E-state index in [9.17, 15) is 13.2 Å². The number of ether oxygens (including phenoxy) is 2. The summed E-state index contributed by atoms with van der Waals surface area (Å²) < 4.78 is 38.6. The Morgan fingerprint density at radius 2 is 1.57 bits per heavy atom. The van der Waals surface area contributed by atoms with Crippen molar-refractivity contribution in [1.82, 2.24) is 4.72 Å². The van der Waals surface area contributed by atoms with E-state index in [4.69, 9.17) is 9.47 Å². The largest absolute Gasteiger partial charge is 0.497 e. The van der Waals surface area contributed by atoms with E-state index in [0.717, 1.165) is 32.1 Å². The van der Waals surface area contributed by atoms with Gasteiger partial charge >= 0.3 is 0 Å². The highest BCUT2D eigenvalue weighted by atomic mass is 32.2. The van der Waals surface area contributed by atoms with E-state index in [0.29, 0.717) is 17.2 Å². The lowest BCUT2D eigenvalue weighted by molar-refractivity contribution is -0.122. The molecule has 1 saturated carbocycles. The molecule has 0 aromatic heterocycles.